The molecule has 0 bridgehead atoms. The highest BCUT2D eigenvalue weighted by atomic mass is 16.5. The molecule has 28 heavy (non-hydrogen) atoms. The number of aromatic amines is 1. The predicted octanol–water partition coefficient (Wildman–Crippen LogP) is 2.63. The van der Waals surface area contributed by atoms with E-state index >= 15 is 0 Å². The number of aryl methyl sites for hydroxylation is 1. The van der Waals surface area contributed by atoms with Crippen LogP contribution in [0.25, 0.3) is 10.9 Å². The average Bonchev–Trinajstić information content (AvgIpc) is 3.37. The second-order valence-corrected chi connectivity index (χ2v) is 7.76. The number of nitrogens with one attached hydrogen (secondary N) is 1. The summed E-state index contributed by atoms with van der Waals surface area (Å²) in [6.07, 6.45) is 7.19. The first-order chi connectivity index (χ1) is 13.8. The van der Waals surface area contributed by atoms with Gasteiger partial charge >= 0.3 is 0 Å². The monoisotopic (exact) mass is 379 g/mol. The lowest BCUT2D eigenvalue weighted by atomic mass is 9.83. The zero-order valence-corrected chi connectivity index (χ0v) is 15.9. The number of carbonyl (C=O) groups is 1. The summed E-state index contributed by atoms with van der Waals surface area (Å²) >= 11 is 0. The molecule has 0 aliphatic carbocycles. The number of rotatable bonds is 4. The van der Waals surface area contributed by atoms with Gasteiger partial charge in [-0.2, -0.15) is 5.10 Å². The highest BCUT2D eigenvalue weighted by Gasteiger charge is 2.43. The third-order valence-electron chi connectivity index (χ3n) is 6.17. The Bertz CT molecular complexity index is 970. The summed E-state index contributed by atoms with van der Waals surface area (Å²) in [5, 5.41) is 5.39. The van der Waals surface area contributed by atoms with Crippen molar-refractivity contribution in [2.75, 3.05) is 19.7 Å². The van der Waals surface area contributed by atoms with Crippen molar-refractivity contribution < 1.29 is 9.53 Å². The van der Waals surface area contributed by atoms with Gasteiger partial charge in [0.1, 0.15) is 18.3 Å². The van der Waals surface area contributed by atoms with Crippen LogP contribution < -0.4 is 0 Å². The molecule has 146 valence electrons. The molecule has 7 heteroatoms. The van der Waals surface area contributed by atoms with Gasteiger partial charge in [0.05, 0.1) is 12.3 Å². The van der Waals surface area contributed by atoms with Gasteiger partial charge < -0.3 is 14.6 Å². The van der Waals surface area contributed by atoms with E-state index in [1.165, 1.54) is 28.5 Å². The van der Waals surface area contributed by atoms with Crippen LogP contribution in [-0.2, 0) is 28.1 Å². The molecule has 2 aliphatic rings. The van der Waals surface area contributed by atoms with Crippen LogP contribution in [0.15, 0.2) is 36.9 Å². The number of carbonyl (C=O) groups excluding carboxylic acids is 1. The Kier molecular flexibility index (Phi) is 4.39. The summed E-state index contributed by atoms with van der Waals surface area (Å²) in [5.41, 5.74) is 3.54. The largest absolute Gasteiger partial charge is 0.368 e. The fourth-order valence-electron chi connectivity index (χ4n) is 4.68. The summed E-state index contributed by atoms with van der Waals surface area (Å²) in [4.78, 5) is 22.2. The van der Waals surface area contributed by atoms with E-state index in [9.17, 15) is 4.79 Å². The summed E-state index contributed by atoms with van der Waals surface area (Å²) in [7, 11) is 0. The third kappa shape index (κ3) is 2.99. The summed E-state index contributed by atoms with van der Waals surface area (Å²) in [6, 6.07) is 8.49. The van der Waals surface area contributed by atoms with Crippen molar-refractivity contribution in [3.8, 4) is 0 Å². The van der Waals surface area contributed by atoms with Crippen LogP contribution in [0, 0.1) is 0 Å². The van der Waals surface area contributed by atoms with Crippen LogP contribution in [0.4, 0.5) is 0 Å². The number of aromatic nitrogens is 4. The van der Waals surface area contributed by atoms with E-state index < -0.39 is 0 Å². The molecule has 0 radical (unpaired) electrons. The molecule has 5 rings (SSSR count). The molecule has 1 aromatic carbocycles. The van der Waals surface area contributed by atoms with Crippen LogP contribution >= 0.6 is 0 Å². The average molecular weight is 379 g/mol. The fourth-order valence-corrected chi connectivity index (χ4v) is 4.68. The lowest BCUT2D eigenvalue weighted by molar-refractivity contribution is -0.141. The van der Waals surface area contributed by atoms with Crippen molar-refractivity contribution in [2.24, 2.45) is 0 Å². The molecule has 0 unspecified atom stereocenters. The van der Waals surface area contributed by atoms with Gasteiger partial charge in [-0.3, -0.25) is 9.48 Å². The minimum Gasteiger partial charge on any atom is -0.368 e. The van der Waals surface area contributed by atoms with Crippen molar-refractivity contribution in [1.82, 2.24) is 24.6 Å². The fraction of sp³-hybridized carbons (Fsp3) is 0.476. The van der Waals surface area contributed by atoms with Crippen LogP contribution in [0.1, 0.15) is 36.9 Å². The minimum atomic E-state index is -0.274. The van der Waals surface area contributed by atoms with Crippen molar-refractivity contribution in [1.29, 1.82) is 0 Å². The highest BCUT2D eigenvalue weighted by Crippen LogP contribution is 2.43. The molecule has 4 heterocycles. The Hall–Kier alpha value is -2.67. The number of para-hydroxylation sites is 1. The Balaban J connectivity index is 1.25. The lowest BCUT2D eigenvalue weighted by Crippen LogP contribution is -2.48. The highest BCUT2D eigenvalue weighted by molar-refractivity contribution is 5.85. The molecule has 0 saturated carbocycles. The van der Waals surface area contributed by atoms with Crippen molar-refractivity contribution >= 4 is 16.8 Å². The number of nitrogens with zero attached hydrogens (tertiary/aromatic N) is 4. The maximum Gasteiger partial charge on any atom is 0.222 e. The quantitative estimate of drug-likeness (QED) is 0.756. The van der Waals surface area contributed by atoms with Gasteiger partial charge in [-0.1, -0.05) is 18.2 Å². The molecule has 1 fully saturated rings. The second kappa shape index (κ2) is 7.05. The van der Waals surface area contributed by atoms with Crippen LogP contribution in [0.3, 0.4) is 0 Å². The van der Waals surface area contributed by atoms with Crippen molar-refractivity contribution in [3.05, 3.63) is 48.2 Å². The first kappa shape index (κ1) is 17.4. The molecular formula is C21H25N5O2. The second-order valence-electron chi connectivity index (χ2n) is 7.76. The summed E-state index contributed by atoms with van der Waals surface area (Å²) in [5.74, 6) is 0.225. The number of ether oxygens (including phenoxy) is 1. The molecule has 1 spiro atoms. The lowest BCUT2D eigenvalue weighted by Gasteiger charge is -2.43. The Morgan fingerprint density at radius 2 is 2.11 bits per heavy atom. The molecule has 3 aromatic rings. The zero-order chi connectivity index (χ0) is 19.0. The molecule has 2 aromatic heterocycles. The Morgan fingerprint density at radius 1 is 1.25 bits per heavy atom. The normalized spacial score (nSPS) is 18.5. The maximum absolute atomic E-state index is 12.6. The van der Waals surface area contributed by atoms with Gasteiger partial charge in [0.15, 0.2) is 0 Å². The number of hydrogen-bond acceptors (Lipinski definition) is 4. The molecule has 1 amide bonds. The number of fused-ring (bicyclic) bond motifs is 4. The molecule has 1 N–H and O–H groups in total. The Labute approximate surface area is 163 Å². The molecule has 1 saturated heterocycles. The topological polar surface area (TPSA) is 76.0 Å². The van der Waals surface area contributed by atoms with E-state index in [1.807, 2.05) is 4.90 Å². The number of hydrogen-bond donors (Lipinski definition) is 1. The van der Waals surface area contributed by atoms with Crippen LogP contribution in [0.5, 0.6) is 0 Å². The van der Waals surface area contributed by atoms with Gasteiger partial charge in [0.25, 0.3) is 0 Å². The van der Waals surface area contributed by atoms with E-state index in [4.69, 9.17) is 4.74 Å². The number of benzene rings is 1. The van der Waals surface area contributed by atoms with Gasteiger partial charge in [-0.15, -0.1) is 0 Å². The van der Waals surface area contributed by atoms with E-state index in [0.29, 0.717) is 6.42 Å². The molecule has 7 nitrogen and oxygen atoms in total. The first-order valence-electron chi connectivity index (χ1n) is 10.1. The van der Waals surface area contributed by atoms with E-state index in [-0.39, 0.29) is 11.5 Å². The first-order valence-corrected chi connectivity index (χ1v) is 10.1. The zero-order valence-electron chi connectivity index (χ0n) is 15.9. The van der Waals surface area contributed by atoms with Gasteiger partial charge in [0.2, 0.25) is 5.91 Å². The minimum absolute atomic E-state index is 0.225. The van der Waals surface area contributed by atoms with Crippen molar-refractivity contribution in [3.63, 3.8) is 0 Å². The van der Waals surface area contributed by atoms with Crippen molar-refractivity contribution in [2.45, 2.75) is 44.2 Å². The van der Waals surface area contributed by atoms with E-state index in [2.05, 4.69) is 39.3 Å². The standard InChI is InChI=1S/C21H25N5O2/c27-19(6-3-10-26-15-22-14-23-26)25-11-8-21(9-12-25)20-17(7-13-28-21)16-4-1-2-5-18(16)24-20/h1-2,4-5,14-15,24H,3,6-13H2. The SMILES string of the molecule is O=C(CCCn1cncn1)N1CCC2(CC1)OCCc1c2[nH]c2ccccc12. The predicted molar refractivity (Wildman–Crippen MR) is 105 cm³/mol. The number of piperidine rings is 1. The van der Waals surface area contributed by atoms with Gasteiger partial charge in [-0.05, 0) is 37.3 Å². The van der Waals surface area contributed by atoms with Crippen LogP contribution in [0.2, 0.25) is 0 Å². The molecule has 0 atom stereocenters. The number of amides is 1. The van der Waals surface area contributed by atoms with Gasteiger partial charge in [0, 0.05) is 37.0 Å². The molecular weight excluding hydrogens is 354 g/mol. The maximum atomic E-state index is 12.6. The van der Waals surface area contributed by atoms with E-state index in [0.717, 1.165) is 51.9 Å². The Morgan fingerprint density at radius 3 is 2.93 bits per heavy atom. The molecule has 2 aliphatic heterocycles. The van der Waals surface area contributed by atoms with E-state index in [1.54, 1.807) is 11.0 Å². The van der Waals surface area contributed by atoms with Crippen LogP contribution in [-0.4, -0.2) is 50.3 Å². The number of likely N-dealkylation sites (tertiary alicyclic amines) is 1. The third-order valence-corrected chi connectivity index (χ3v) is 6.17. The summed E-state index contributed by atoms with van der Waals surface area (Å²) < 4.78 is 8.10. The summed E-state index contributed by atoms with van der Waals surface area (Å²) in [6.45, 7) is 2.97. The number of H-pyrrole nitrogens is 1. The smallest absolute Gasteiger partial charge is 0.222 e. The van der Waals surface area contributed by atoms with Gasteiger partial charge in [-0.25, -0.2) is 4.98 Å².